The number of methoxy groups -OCH3 is 1. The van der Waals surface area contributed by atoms with Crippen molar-refractivity contribution in [1.82, 2.24) is 9.88 Å². The largest absolute Gasteiger partial charge is 0.497 e. The predicted molar refractivity (Wildman–Crippen MR) is 89.9 cm³/mol. The van der Waals surface area contributed by atoms with Crippen molar-refractivity contribution in [3.63, 3.8) is 0 Å². The maximum absolute atomic E-state index is 5.28. The number of nitrogens with zero attached hydrogens (tertiary/aromatic N) is 2. The van der Waals surface area contributed by atoms with Crippen LogP contribution in [0.2, 0.25) is 0 Å². The monoisotopic (exact) mass is 292 g/mol. The molecule has 0 aliphatic heterocycles. The van der Waals surface area contributed by atoms with Gasteiger partial charge in [-0.25, -0.2) is 0 Å². The van der Waals surface area contributed by atoms with Gasteiger partial charge in [0.2, 0.25) is 0 Å². The molecule has 0 bridgehead atoms. The number of para-hydroxylation sites is 1. The molecule has 0 spiro atoms. The fraction of sp³-hybridized carbons (Fsp3) is 0.211. The molecule has 2 aromatic carbocycles. The molecule has 0 aliphatic rings. The molecule has 0 amide bonds. The minimum Gasteiger partial charge on any atom is -0.497 e. The van der Waals surface area contributed by atoms with Crippen LogP contribution in [0.4, 0.5) is 0 Å². The molecule has 3 nitrogen and oxygen atoms in total. The van der Waals surface area contributed by atoms with Crippen LogP contribution in [-0.2, 0) is 13.1 Å². The number of ether oxygens (including phenoxy) is 1. The van der Waals surface area contributed by atoms with Crippen molar-refractivity contribution >= 4 is 10.9 Å². The highest BCUT2D eigenvalue weighted by molar-refractivity contribution is 5.81. The Balaban J connectivity index is 1.77. The normalized spacial score (nSPS) is 11.0. The number of pyridine rings is 1. The lowest BCUT2D eigenvalue weighted by atomic mass is 10.1. The Morgan fingerprint density at radius 3 is 2.68 bits per heavy atom. The molecule has 0 aliphatic carbocycles. The highest BCUT2D eigenvalue weighted by atomic mass is 16.5. The summed E-state index contributed by atoms with van der Waals surface area (Å²) in [5, 5.41) is 1.19. The Morgan fingerprint density at radius 2 is 1.82 bits per heavy atom. The number of hydrogen-bond donors (Lipinski definition) is 0. The third kappa shape index (κ3) is 3.26. The van der Waals surface area contributed by atoms with E-state index < -0.39 is 0 Å². The summed E-state index contributed by atoms with van der Waals surface area (Å²) in [7, 11) is 3.83. The molecule has 22 heavy (non-hydrogen) atoms. The Labute approximate surface area is 131 Å². The van der Waals surface area contributed by atoms with Crippen LogP contribution in [-0.4, -0.2) is 24.0 Å². The molecule has 0 saturated carbocycles. The van der Waals surface area contributed by atoms with Crippen molar-refractivity contribution in [1.29, 1.82) is 0 Å². The van der Waals surface area contributed by atoms with Crippen molar-refractivity contribution < 1.29 is 4.74 Å². The zero-order valence-corrected chi connectivity index (χ0v) is 13.0. The summed E-state index contributed by atoms with van der Waals surface area (Å²) < 4.78 is 5.28. The number of rotatable bonds is 5. The van der Waals surface area contributed by atoms with Crippen molar-refractivity contribution in [2.75, 3.05) is 14.2 Å². The van der Waals surface area contributed by atoms with E-state index in [1.807, 2.05) is 24.4 Å². The van der Waals surface area contributed by atoms with Gasteiger partial charge in [0, 0.05) is 24.7 Å². The van der Waals surface area contributed by atoms with Crippen LogP contribution in [0, 0.1) is 0 Å². The van der Waals surface area contributed by atoms with E-state index in [2.05, 4.69) is 53.3 Å². The van der Waals surface area contributed by atoms with Gasteiger partial charge in [0.1, 0.15) is 5.75 Å². The molecule has 3 aromatic rings. The van der Waals surface area contributed by atoms with E-state index in [0.29, 0.717) is 0 Å². The predicted octanol–water partition coefficient (Wildman–Crippen LogP) is 3.88. The van der Waals surface area contributed by atoms with Gasteiger partial charge in [0.25, 0.3) is 0 Å². The molecule has 112 valence electrons. The first-order valence-corrected chi connectivity index (χ1v) is 7.40. The molecule has 3 heteroatoms. The van der Waals surface area contributed by atoms with Crippen LogP contribution in [0.25, 0.3) is 10.9 Å². The van der Waals surface area contributed by atoms with Crippen LogP contribution in [0.1, 0.15) is 11.1 Å². The molecule has 1 aromatic heterocycles. The fourth-order valence-corrected chi connectivity index (χ4v) is 2.72. The van der Waals surface area contributed by atoms with Crippen molar-refractivity contribution in [2.24, 2.45) is 0 Å². The molecule has 3 rings (SSSR count). The fourth-order valence-electron chi connectivity index (χ4n) is 2.72. The molecule has 0 saturated heterocycles. The van der Waals surface area contributed by atoms with Crippen LogP contribution >= 0.6 is 0 Å². The van der Waals surface area contributed by atoms with Gasteiger partial charge in [-0.15, -0.1) is 0 Å². The van der Waals surface area contributed by atoms with E-state index in [4.69, 9.17) is 4.74 Å². The van der Waals surface area contributed by atoms with Gasteiger partial charge in [-0.1, -0.05) is 36.4 Å². The van der Waals surface area contributed by atoms with Crippen molar-refractivity contribution in [3.05, 3.63) is 71.9 Å². The average Bonchev–Trinajstić information content (AvgIpc) is 2.55. The Morgan fingerprint density at radius 1 is 1.00 bits per heavy atom. The molecule has 0 radical (unpaired) electrons. The quantitative estimate of drug-likeness (QED) is 0.713. The second-order valence-corrected chi connectivity index (χ2v) is 5.52. The van der Waals surface area contributed by atoms with E-state index in [0.717, 1.165) is 24.4 Å². The first-order valence-electron chi connectivity index (χ1n) is 7.40. The Hall–Kier alpha value is -2.39. The molecule has 1 heterocycles. The maximum Gasteiger partial charge on any atom is 0.119 e. The van der Waals surface area contributed by atoms with Crippen molar-refractivity contribution in [2.45, 2.75) is 13.1 Å². The summed E-state index contributed by atoms with van der Waals surface area (Å²) in [6.07, 6.45) is 1.86. The van der Waals surface area contributed by atoms with Gasteiger partial charge < -0.3 is 4.74 Å². The number of fused-ring (bicyclic) bond motifs is 1. The van der Waals surface area contributed by atoms with E-state index in [-0.39, 0.29) is 0 Å². The second kappa shape index (κ2) is 6.58. The Bertz CT molecular complexity index is 765. The van der Waals surface area contributed by atoms with E-state index in [1.54, 1.807) is 7.11 Å². The molecular weight excluding hydrogens is 272 g/mol. The van der Waals surface area contributed by atoms with Gasteiger partial charge in [0.05, 0.1) is 12.6 Å². The van der Waals surface area contributed by atoms with Crippen LogP contribution in [0.5, 0.6) is 5.75 Å². The summed E-state index contributed by atoms with van der Waals surface area (Å²) in [5.41, 5.74) is 3.58. The molecule has 0 N–H and O–H groups in total. The minimum atomic E-state index is 0.867. The van der Waals surface area contributed by atoms with Crippen LogP contribution in [0.3, 0.4) is 0 Å². The first-order chi connectivity index (χ1) is 10.8. The lowest BCUT2D eigenvalue weighted by Gasteiger charge is -2.18. The third-order valence-electron chi connectivity index (χ3n) is 3.74. The SMILES string of the molecule is COc1cccc(CN(C)Cc2cccc3cccnc23)c1. The van der Waals surface area contributed by atoms with E-state index in [1.165, 1.54) is 16.5 Å². The summed E-state index contributed by atoms with van der Waals surface area (Å²) in [6.45, 7) is 1.74. The molecule has 0 unspecified atom stereocenters. The molecular formula is C19H20N2O. The zero-order chi connectivity index (χ0) is 15.4. The lowest BCUT2D eigenvalue weighted by Crippen LogP contribution is -2.17. The number of aromatic nitrogens is 1. The third-order valence-corrected chi connectivity index (χ3v) is 3.74. The summed E-state index contributed by atoms with van der Waals surface area (Å²) >= 11 is 0. The zero-order valence-electron chi connectivity index (χ0n) is 13.0. The number of benzene rings is 2. The number of hydrogen-bond acceptors (Lipinski definition) is 3. The van der Waals surface area contributed by atoms with Crippen molar-refractivity contribution in [3.8, 4) is 5.75 Å². The smallest absolute Gasteiger partial charge is 0.119 e. The lowest BCUT2D eigenvalue weighted by molar-refractivity contribution is 0.319. The Kier molecular flexibility index (Phi) is 4.35. The maximum atomic E-state index is 5.28. The summed E-state index contributed by atoms with van der Waals surface area (Å²) in [6, 6.07) is 18.6. The average molecular weight is 292 g/mol. The van der Waals surface area contributed by atoms with Gasteiger partial charge in [-0.3, -0.25) is 9.88 Å². The summed E-state index contributed by atoms with van der Waals surface area (Å²) in [4.78, 5) is 6.81. The standard InChI is InChI=1S/C19H20N2O/c1-21(13-15-6-3-10-18(12-15)22-2)14-17-8-4-7-16-9-5-11-20-19(16)17/h3-12H,13-14H2,1-2H3. The molecule has 0 fully saturated rings. The highest BCUT2D eigenvalue weighted by Gasteiger charge is 2.06. The van der Waals surface area contributed by atoms with Gasteiger partial charge in [-0.05, 0) is 36.4 Å². The molecule has 0 atom stereocenters. The van der Waals surface area contributed by atoms with E-state index >= 15 is 0 Å². The van der Waals surface area contributed by atoms with Crippen LogP contribution < -0.4 is 4.74 Å². The van der Waals surface area contributed by atoms with E-state index in [9.17, 15) is 0 Å². The first kappa shape index (κ1) is 14.5. The highest BCUT2D eigenvalue weighted by Crippen LogP contribution is 2.19. The van der Waals surface area contributed by atoms with Gasteiger partial charge in [0.15, 0.2) is 0 Å². The minimum absolute atomic E-state index is 0.867. The second-order valence-electron chi connectivity index (χ2n) is 5.52. The van der Waals surface area contributed by atoms with Crippen LogP contribution in [0.15, 0.2) is 60.8 Å². The summed E-state index contributed by atoms with van der Waals surface area (Å²) in [5.74, 6) is 0.901. The topological polar surface area (TPSA) is 25.4 Å². The van der Waals surface area contributed by atoms with Gasteiger partial charge >= 0.3 is 0 Å². The van der Waals surface area contributed by atoms with Gasteiger partial charge in [-0.2, -0.15) is 0 Å².